The highest BCUT2D eigenvalue weighted by molar-refractivity contribution is 7.16. The van der Waals surface area contributed by atoms with Gasteiger partial charge in [-0.1, -0.05) is 5.21 Å². The summed E-state index contributed by atoms with van der Waals surface area (Å²) in [5.41, 5.74) is 4.62. The minimum atomic E-state index is -0.420. The molecule has 2 N–H and O–H groups in total. The van der Waals surface area contributed by atoms with Crippen LogP contribution in [0.4, 0.5) is 10.6 Å². The third-order valence-electron chi connectivity index (χ3n) is 4.77. The minimum Gasteiger partial charge on any atom is -0.442 e. The predicted molar refractivity (Wildman–Crippen MR) is 108 cm³/mol. The Bertz CT molecular complexity index is 1070. The molecular weight excluding hydrogens is 408 g/mol. The van der Waals surface area contributed by atoms with Gasteiger partial charge in [-0.3, -0.25) is 15.2 Å². The van der Waals surface area contributed by atoms with Gasteiger partial charge in [-0.05, 0) is 30.3 Å². The Hall–Kier alpha value is -3.28. The van der Waals surface area contributed by atoms with Crippen LogP contribution in [0.3, 0.4) is 0 Å². The van der Waals surface area contributed by atoms with Gasteiger partial charge in [0.2, 0.25) is 0 Å². The molecule has 3 aromatic heterocycles. The van der Waals surface area contributed by atoms with E-state index in [-0.39, 0.29) is 18.8 Å². The normalized spacial score (nSPS) is 20.9. The van der Waals surface area contributed by atoms with Crippen molar-refractivity contribution in [1.82, 2.24) is 25.5 Å². The third-order valence-corrected chi connectivity index (χ3v) is 5.94. The van der Waals surface area contributed by atoms with E-state index in [1.807, 2.05) is 30.3 Å². The first-order chi connectivity index (χ1) is 14.7. The lowest BCUT2D eigenvalue weighted by Crippen LogP contribution is -2.26. The fraction of sp³-hybridized carbons (Fsp3) is 0.263. The van der Waals surface area contributed by atoms with Crippen molar-refractivity contribution >= 4 is 28.9 Å². The van der Waals surface area contributed by atoms with E-state index in [4.69, 9.17) is 9.57 Å². The van der Waals surface area contributed by atoms with Gasteiger partial charge in [0.25, 0.3) is 0 Å². The number of ether oxygens (including phenoxy) is 1. The van der Waals surface area contributed by atoms with Crippen LogP contribution in [0.15, 0.2) is 48.9 Å². The van der Waals surface area contributed by atoms with Crippen LogP contribution in [0.1, 0.15) is 4.88 Å². The molecule has 10 nitrogen and oxygen atoms in total. The Morgan fingerprint density at radius 3 is 2.90 bits per heavy atom. The maximum atomic E-state index is 12.2. The number of amides is 1. The minimum absolute atomic E-state index is 0.0707. The summed E-state index contributed by atoms with van der Waals surface area (Å²) in [5, 5.41) is 16.8. The lowest BCUT2D eigenvalue weighted by Gasteiger charge is -2.12. The number of nitrogens with zero attached hydrogens (tertiary/aromatic N) is 5. The van der Waals surface area contributed by atoms with E-state index in [2.05, 4.69) is 20.8 Å². The number of hydroxylamine groups is 1. The molecule has 5 heterocycles. The van der Waals surface area contributed by atoms with E-state index < -0.39 is 6.09 Å². The Morgan fingerprint density at radius 2 is 2.17 bits per heavy atom. The summed E-state index contributed by atoms with van der Waals surface area (Å²) in [5.74, 6) is 0.543. The molecule has 2 aliphatic heterocycles. The topological polar surface area (TPSA) is 115 Å². The van der Waals surface area contributed by atoms with Gasteiger partial charge < -0.3 is 9.84 Å². The monoisotopic (exact) mass is 426 g/mol. The van der Waals surface area contributed by atoms with Crippen LogP contribution < -0.4 is 10.4 Å². The first-order valence-electron chi connectivity index (χ1n) is 9.33. The highest BCUT2D eigenvalue weighted by Crippen LogP contribution is 2.33. The first-order valence-corrected chi connectivity index (χ1v) is 10.1. The van der Waals surface area contributed by atoms with Crippen molar-refractivity contribution in [1.29, 1.82) is 0 Å². The number of pyridine rings is 1. The molecule has 0 saturated carbocycles. The van der Waals surface area contributed by atoms with Gasteiger partial charge in [0.15, 0.2) is 0 Å². The number of carbonyl (C=O) groups is 1. The Kier molecular flexibility index (Phi) is 4.91. The SMILES string of the molecule is O=C1O[C@@H](Cn2ccnn2)CN1c1ccc(-c2ccc(C3=CC(CO)ON3)s2)cn1. The number of cyclic esters (lactones) is 1. The van der Waals surface area contributed by atoms with Crippen molar-refractivity contribution < 1.29 is 19.5 Å². The predicted octanol–water partition coefficient (Wildman–Crippen LogP) is 1.66. The molecule has 154 valence electrons. The number of aromatic nitrogens is 4. The number of rotatable bonds is 6. The van der Waals surface area contributed by atoms with Crippen molar-refractivity contribution in [3.8, 4) is 10.4 Å². The van der Waals surface area contributed by atoms with Crippen LogP contribution in [0.25, 0.3) is 16.1 Å². The number of carbonyl (C=O) groups excluding carboxylic acids is 1. The second-order valence-corrected chi connectivity index (χ2v) is 7.92. The van der Waals surface area contributed by atoms with E-state index in [1.54, 1.807) is 34.6 Å². The van der Waals surface area contributed by atoms with E-state index in [0.717, 1.165) is 21.0 Å². The largest absolute Gasteiger partial charge is 0.442 e. The summed E-state index contributed by atoms with van der Waals surface area (Å²) in [4.78, 5) is 25.5. The number of thiophene rings is 1. The highest BCUT2D eigenvalue weighted by Gasteiger charge is 2.33. The van der Waals surface area contributed by atoms with Crippen LogP contribution in [0.5, 0.6) is 0 Å². The lowest BCUT2D eigenvalue weighted by molar-refractivity contribution is 0.0174. The molecule has 0 radical (unpaired) electrons. The molecule has 1 unspecified atom stereocenters. The van der Waals surface area contributed by atoms with Crippen LogP contribution in [0.2, 0.25) is 0 Å². The number of aliphatic hydroxyl groups excluding tert-OH is 1. The fourth-order valence-electron chi connectivity index (χ4n) is 3.29. The zero-order chi connectivity index (χ0) is 20.5. The summed E-state index contributed by atoms with van der Waals surface area (Å²) in [6.07, 6.45) is 5.85. The molecular formula is C19H18N6O4S. The molecule has 11 heteroatoms. The van der Waals surface area contributed by atoms with Crippen molar-refractivity contribution in [3.63, 3.8) is 0 Å². The third kappa shape index (κ3) is 3.65. The number of hydrogen-bond donors (Lipinski definition) is 2. The molecule has 30 heavy (non-hydrogen) atoms. The molecule has 0 aromatic carbocycles. The zero-order valence-corrected chi connectivity index (χ0v) is 16.5. The van der Waals surface area contributed by atoms with Gasteiger partial charge in [0.05, 0.1) is 36.5 Å². The number of anilines is 1. The number of nitrogens with one attached hydrogen (secondary N) is 1. The van der Waals surface area contributed by atoms with E-state index in [0.29, 0.717) is 18.9 Å². The van der Waals surface area contributed by atoms with Gasteiger partial charge in [0, 0.05) is 22.8 Å². The van der Waals surface area contributed by atoms with Gasteiger partial charge >= 0.3 is 6.09 Å². The van der Waals surface area contributed by atoms with Crippen LogP contribution >= 0.6 is 11.3 Å². The number of hydrogen-bond acceptors (Lipinski definition) is 9. The molecule has 2 aliphatic rings. The van der Waals surface area contributed by atoms with E-state index in [9.17, 15) is 9.90 Å². The van der Waals surface area contributed by atoms with Gasteiger partial charge in [-0.25, -0.2) is 14.5 Å². The van der Waals surface area contributed by atoms with Crippen molar-refractivity contribution in [2.45, 2.75) is 18.8 Å². The van der Waals surface area contributed by atoms with E-state index >= 15 is 0 Å². The molecule has 1 fully saturated rings. The Balaban J connectivity index is 1.27. The summed E-state index contributed by atoms with van der Waals surface area (Å²) < 4.78 is 7.05. The molecule has 3 aromatic rings. The van der Waals surface area contributed by atoms with Gasteiger partial charge in [-0.2, -0.15) is 0 Å². The summed E-state index contributed by atoms with van der Waals surface area (Å²) in [6.45, 7) is 0.780. The summed E-state index contributed by atoms with van der Waals surface area (Å²) in [6, 6.07) is 7.73. The maximum Gasteiger partial charge on any atom is 0.416 e. The van der Waals surface area contributed by atoms with Crippen molar-refractivity contribution in [2.75, 3.05) is 18.1 Å². The molecule has 1 saturated heterocycles. The van der Waals surface area contributed by atoms with Crippen LogP contribution in [-0.2, 0) is 16.1 Å². The van der Waals surface area contributed by atoms with Crippen LogP contribution in [-0.4, -0.2) is 56.5 Å². The van der Waals surface area contributed by atoms with Crippen LogP contribution in [0, 0.1) is 0 Å². The molecule has 2 atom stereocenters. The average molecular weight is 426 g/mol. The Labute approximate surface area is 175 Å². The maximum absolute atomic E-state index is 12.2. The Morgan fingerprint density at radius 1 is 1.27 bits per heavy atom. The van der Waals surface area contributed by atoms with Gasteiger partial charge in [-0.15, -0.1) is 16.4 Å². The molecule has 5 rings (SSSR count). The first kappa shape index (κ1) is 18.7. The van der Waals surface area contributed by atoms with Gasteiger partial charge in [0.1, 0.15) is 18.0 Å². The second-order valence-electron chi connectivity index (χ2n) is 6.83. The highest BCUT2D eigenvalue weighted by atomic mass is 32.1. The van der Waals surface area contributed by atoms with E-state index in [1.165, 1.54) is 4.90 Å². The smallest absolute Gasteiger partial charge is 0.416 e. The standard InChI is InChI=1S/C19H18N6O4S/c26-11-13-7-15(22-29-13)17-3-2-16(30-17)12-1-4-18(20-8-12)25-10-14(28-19(25)27)9-24-6-5-21-23-24/h1-8,13-14,22,26H,9-11H2/t13?,14-/m0/s1. The fourth-order valence-corrected chi connectivity index (χ4v) is 4.25. The number of aliphatic hydroxyl groups is 1. The lowest BCUT2D eigenvalue weighted by atomic mass is 10.2. The second kappa shape index (κ2) is 7.86. The zero-order valence-electron chi connectivity index (χ0n) is 15.7. The molecule has 0 spiro atoms. The summed E-state index contributed by atoms with van der Waals surface area (Å²) in [7, 11) is 0. The molecule has 0 aliphatic carbocycles. The molecule has 0 bridgehead atoms. The van der Waals surface area contributed by atoms with Crippen molar-refractivity contribution in [3.05, 3.63) is 53.8 Å². The quantitative estimate of drug-likeness (QED) is 0.612. The summed E-state index contributed by atoms with van der Waals surface area (Å²) >= 11 is 1.58. The molecule has 1 amide bonds. The average Bonchev–Trinajstić information content (AvgIpc) is 3.55. The van der Waals surface area contributed by atoms with Crippen molar-refractivity contribution in [2.24, 2.45) is 0 Å².